The van der Waals surface area contributed by atoms with E-state index in [1.807, 2.05) is 30.3 Å². The summed E-state index contributed by atoms with van der Waals surface area (Å²) < 4.78 is 5.11. The van der Waals surface area contributed by atoms with Gasteiger partial charge in [0.15, 0.2) is 0 Å². The Morgan fingerprint density at radius 1 is 1.04 bits per heavy atom. The minimum Gasteiger partial charge on any atom is -0.445 e. The van der Waals surface area contributed by atoms with E-state index in [0.29, 0.717) is 5.01 Å². The molecule has 0 saturated carbocycles. The summed E-state index contributed by atoms with van der Waals surface area (Å²) in [5.74, 6) is 3.72. The van der Waals surface area contributed by atoms with Crippen molar-refractivity contribution in [2.45, 2.75) is 46.4 Å². The summed E-state index contributed by atoms with van der Waals surface area (Å²) in [5.41, 5.74) is 6.57. The number of hydrazine groups is 1. The Labute approximate surface area is 153 Å². The summed E-state index contributed by atoms with van der Waals surface area (Å²) in [6.07, 6.45) is -0.769. The average molecular weight is 364 g/mol. The van der Waals surface area contributed by atoms with Gasteiger partial charge in [-0.1, -0.05) is 58.0 Å². The van der Waals surface area contributed by atoms with Crippen LogP contribution in [0.5, 0.6) is 0 Å². The number of carbonyl (C=O) groups is 3. The van der Waals surface area contributed by atoms with Crippen molar-refractivity contribution in [2.24, 2.45) is 23.4 Å². The molecular weight excluding hydrogens is 336 g/mol. The van der Waals surface area contributed by atoms with Crippen LogP contribution in [0.3, 0.4) is 0 Å². The monoisotopic (exact) mass is 364 g/mol. The average Bonchev–Trinajstić information content (AvgIpc) is 2.62. The summed E-state index contributed by atoms with van der Waals surface area (Å²) in [5, 5.41) is 2.94. The molecule has 0 aliphatic rings. The number of nitrogens with one attached hydrogen (secondary N) is 1. The molecule has 0 fully saturated rings. The van der Waals surface area contributed by atoms with Crippen LogP contribution in [-0.4, -0.2) is 35.0 Å². The van der Waals surface area contributed by atoms with E-state index in [4.69, 9.17) is 16.3 Å². The van der Waals surface area contributed by atoms with Gasteiger partial charge >= 0.3 is 6.09 Å². The van der Waals surface area contributed by atoms with Gasteiger partial charge in [-0.05, 0) is 17.4 Å². The number of imide groups is 1. The second-order valence-corrected chi connectivity index (χ2v) is 6.74. The van der Waals surface area contributed by atoms with Crippen molar-refractivity contribution >= 4 is 17.9 Å². The number of amides is 3. The van der Waals surface area contributed by atoms with Gasteiger partial charge in [-0.25, -0.2) is 15.6 Å². The number of nitrogens with zero attached hydrogens (tertiary/aromatic N) is 1. The minimum atomic E-state index is -1.01. The van der Waals surface area contributed by atoms with Crippen LogP contribution in [0.2, 0.25) is 0 Å². The van der Waals surface area contributed by atoms with Gasteiger partial charge in [0.2, 0.25) is 0 Å². The summed E-state index contributed by atoms with van der Waals surface area (Å²) in [7, 11) is 0. The maximum Gasteiger partial charge on any atom is 0.408 e. The fourth-order valence-electron chi connectivity index (χ4n) is 2.11. The van der Waals surface area contributed by atoms with Crippen molar-refractivity contribution in [3.63, 3.8) is 0 Å². The van der Waals surface area contributed by atoms with Crippen LogP contribution >= 0.6 is 0 Å². The molecule has 1 rings (SSSR count). The molecule has 0 heterocycles. The predicted molar refractivity (Wildman–Crippen MR) is 97.2 cm³/mol. The van der Waals surface area contributed by atoms with Crippen LogP contribution in [0.25, 0.3) is 0 Å². The molecule has 3 amide bonds. The van der Waals surface area contributed by atoms with E-state index in [-0.39, 0.29) is 18.4 Å². The Morgan fingerprint density at radius 3 is 2.12 bits per heavy atom. The second kappa shape index (κ2) is 9.88. The molecule has 0 aromatic heterocycles. The maximum absolute atomic E-state index is 12.5. The molecule has 144 valence electrons. The first-order valence-corrected chi connectivity index (χ1v) is 8.50. The molecule has 2 atom stereocenters. The number of ether oxygens (including phenoxy) is 1. The number of rotatable bonds is 7. The number of benzene rings is 1. The molecule has 0 aliphatic heterocycles. The number of alkyl carbamates (subject to hydrolysis) is 1. The van der Waals surface area contributed by atoms with Crippen LogP contribution in [0, 0.1) is 11.8 Å². The second-order valence-electron chi connectivity index (χ2n) is 6.74. The smallest absolute Gasteiger partial charge is 0.408 e. The van der Waals surface area contributed by atoms with Crippen LogP contribution in [0.15, 0.2) is 30.3 Å². The molecule has 0 radical (unpaired) electrons. The Kier molecular flexibility index (Phi) is 8.21. The summed E-state index contributed by atoms with van der Waals surface area (Å²) in [6, 6.07) is 7.22. The van der Waals surface area contributed by atoms with E-state index in [2.05, 4.69) is 5.32 Å². The highest BCUT2D eigenvalue weighted by molar-refractivity contribution is 6.00. The summed E-state index contributed by atoms with van der Waals surface area (Å²) in [6.45, 7) is 7.01. The highest BCUT2D eigenvalue weighted by atomic mass is 16.5. The van der Waals surface area contributed by atoms with Crippen molar-refractivity contribution in [1.82, 2.24) is 10.3 Å². The van der Waals surface area contributed by atoms with Gasteiger partial charge < -0.3 is 15.8 Å². The predicted octanol–water partition coefficient (Wildman–Crippen LogP) is 1.15. The van der Waals surface area contributed by atoms with Crippen molar-refractivity contribution in [2.75, 3.05) is 0 Å². The first-order valence-electron chi connectivity index (χ1n) is 8.50. The van der Waals surface area contributed by atoms with Crippen molar-refractivity contribution in [3.05, 3.63) is 35.9 Å². The Bertz CT molecular complexity index is 619. The van der Waals surface area contributed by atoms with Crippen molar-refractivity contribution in [3.8, 4) is 0 Å². The van der Waals surface area contributed by atoms with E-state index in [1.54, 1.807) is 27.7 Å². The third kappa shape index (κ3) is 6.12. The topological polar surface area (TPSA) is 128 Å². The number of hydrogen-bond donors (Lipinski definition) is 3. The SMILES string of the molecule is CC(C)[C@@H](N)C(=O)N(N)C(=O)[C@H](NC(=O)OCc1ccccc1)C(C)C. The third-order valence-electron chi connectivity index (χ3n) is 3.90. The number of nitrogens with two attached hydrogens (primary N) is 2. The summed E-state index contributed by atoms with van der Waals surface area (Å²) in [4.78, 5) is 36.7. The minimum absolute atomic E-state index is 0.0647. The molecule has 0 unspecified atom stereocenters. The van der Waals surface area contributed by atoms with Crippen LogP contribution in [0.1, 0.15) is 33.3 Å². The van der Waals surface area contributed by atoms with Gasteiger partial charge in [0.25, 0.3) is 11.8 Å². The lowest BCUT2D eigenvalue weighted by Crippen LogP contribution is -2.59. The molecule has 0 saturated heterocycles. The fraction of sp³-hybridized carbons (Fsp3) is 0.500. The van der Waals surface area contributed by atoms with Gasteiger partial charge in [0, 0.05) is 0 Å². The molecule has 0 spiro atoms. The Balaban J connectivity index is 2.70. The molecule has 0 aliphatic carbocycles. The zero-order chi connectivity index (χ0) is 19.9. The van der Waals surface area contributed by atoms with Gasteiger partial charge in [-0.2, -0.15) is 0 Å². The third-order valence-corrected chi connectivity index (χ3v) is 3.90. The van der Waals surface area contributed by atoms with Crippen LogP contribution < -0.4 is 16.9 Å². The number of carbonyl (C=O) groups excluding carboxylic acids is 3. The zero-order valence-electron chi connectivity index (χ0n) is 15.6. The molecule has 0 bridgehead atoms. The lowest BCUT2D eigenvalue weighted by molar-refractivity contribution is -0.148. The highest BCUT2D eigenvalue weighted by Crippen LogP contribution is 2.09. The fourth-order valence-corrected chi connectivity index (χ4v) is 2.11. The molecular formula is C18H28N4O4. The number of hydrogen-bond acceptors (Lipinski definition) is 6. The highest BCUT2D eigenvalue weighted by Gasteiger charge is 2.33. The quantitative estimate of drug-likeness (QED) is 0.378. The van der Waals surface area contributed by atoms with Crippen LogP contribution in [-0.2, 0) is 20.9 Å². The first kappa shape index (κ1) is 21.6. The van der Waals surface area contributed by atoms with Crippen molar-refractivity contribution in [1.29, 1.82) is 0 Å². The molecule has 1 aromatic carbocycles. The van der Waals surface area contributed by atoms with Crippen molar-refractivity contribution < 1.29 is 19.1 Å². The van der Waals surface area contributed by atoms with E-state index in [9.17, 15) is 14.4 Å². The first-order chi connectivity index (χ1) is 12.1. The molecule has 26 heavy (non-hydrogen) atoms. The molecule has 5 N–H and O–H groups in total. The normalized spacial score (nSPS) is 13.2. The van der Waals surface area contributed by atoms with E-state index >= 15 is 0 Å². The van der Waals surface area contributed by atoms with E-state index in [1.165, 1.54) is 0 Å². The zero-order valence-corrected chi connectivity index (χ0v) is 15.6. The lowest BCUT2D eigenvalue weighted by Gasteiger charge is -2.27. The standard InChI is InChI=1S/C18H28N4O4/c1-11(2)14(19)16(23)22(20)17(24)15(12(3)4)21-18(25)26-10-13-8-6-5-7-9-13/h5-9,11-12,14-15H,10,19-20H2,1-4H3,(H,21,25)/t14-,15-/m1/s1. The summed E-state index contributed by atoms with van der Waals surface area (Å²) >= 11 is 0. The van der Waals surface area contributed by atoms with E-state index in [0.717, 1.165) is 5.56 Å². The van der Waals surface area contributed by atoms with E-state index < -0.39 is 30.0 Å². The largest absolute Gasteiger partial charge is 0.445 e. The van der Waals surface area contributed by atoms with Gasteiger partial charge in [-0.3, -0.25) is 9.59 Å². The molecule has 8 heteroatoms. The van der Waals surface area contributed by atoms with Gasteiger partial charge in [0.1, 0.15) is 12.6 Å². The molecule has 1 aromatic rings. The Morgan fingerprint density at radius 2 is 1.62 bits per heavy atom. The molecule has 8 nitrogen and oxygen atoms in total. The Hall–Kier alpha value is -2.45. The van der Waals surface area contributed by atoms with Gasteiger partial charge in [-0.15, -0.1) is 0 Å². The lowest BCUT2D eigenvalue weighted by atomic mass is 10.0. The van der Waals surface area contributed by atoms with Crippen LogP contribution in [0.4, 0.5) is 4.79 Å². The maximum atomic E-state index is 12.5. The van der Waals surface area contributed by atoms with Gasteiger partial charge in [0.05, 0.1) is 6.04 Å².